The molecule has 1 aromatic carbocycles. The van der Waals surface area contributed by atoms with Crippen molar-refractivity contribution in [3.8, 4) is 0 Å². The predicted molar refractivity (Wildman–Crippen MR) is 94.1 cm³/mol. The number of hydrogen-bond acceptors (Lipinski definition) is 2. The van der Waals surface area contributed by atoms with Gasteiger partial charge in [-0.2, -0.15) is 0 Å². The van der Waals surface area contributed by atoms with E-state index in [1.54, 1.807) is 0 Å². The van der Waals surface area contributed by atoms with Crippen LogP contribution in [0.15, 0.2) is 35.3 Å². The quantitative estimate of drug-likeness (QED) is 0.669. The number of hydrogen-bond donors (Lipinski definition) is 1. The summed E-state index contributed by atoms with van der Waals surface area (Å²) in [6.45, 7) is 7.51. The number of likely N-dealkylation sites (tertiary alicyclic amines) is 1. The maximum absolute atomic E-state index is 4.44. The lowest BCUT2D eigenvalue weighted by Gasteiger charge is -2.33. The van der Waals surface area contributed by atoms with Gasteiger partial charge in [-0.25, -0.2) is 0 Å². The Morgan fingerprint density at radius 1 is 1.36 bits per heavy atom. The Morgan fingerprint density at radius 2 is 2.14 bits per heavy atom. The van der Waals surface area contributed by atoms with Crippen molar-refractivity contribution in [1.82, 2.24) is 15.1 Å². The van der Waals surface area contributed by atoms with Gasteiger partial charge in [0.05, 0.1) is 0 Å². The van der Waals surface area contributed by atoms with Crippen molar-refractivity contribution in [1.29, 1.82) is 0 Å². The molecule has 0 aliphatic carbocycles. The molecule has 1 unspecified atom stereocenters. The molecule has 4 nitrogen and oxygen atoms in total. The molecule has 1 fully saturated rings. The molecule has 0 spiro atoms. The van der Waals surface area contributed by atoms with Crippen LogP contribution in [0.5, 0.6) is 0 Å². The van der Waals surface area contributed by atoms with E-state index in [2.05, 4.69) is 64.4 Å². The smallest absolute Gasteiger partial charge is 0.193 e. The van der Waals surface area contributed by atoms with E-state index in [0.29, 0.717) is 0 Å². The highest BCUT2D eigenvalue weighted by Crippen LogP contribution is 2.15. The molecule has 4 heteroatoms. The molecule has 22 heavy (non-hydrogen) atoms. The first-order valence-corrected chi connectivity index (χ1v) is 8.37. The molecular weight excluding hydrogens is 272 g/mol. The van der Waals surface area contributed by atoms with Crippen molar-refractivity contribution in [2.45, 2.75) is 26.3 Å². The highest BCUT2D eigenvalue weighted by molar-refractivity contribution is 5.79. The van der Waals surface area contributed by atoms with Crippen LogP contribution in [-0.2, 0) is 6.54 Å². The summed E-state index contributed by atoms with van der Waals surface area (Å²) >= 11 is 0. The maximum Gasteiger partial charge on any atom is 0.193 e. The second-order valence-corrected chi connectivity index (χ2v) is 6.39. The number of nitrogens with zero attached hydrogens (tertiary/aromatic N) is 3. The molecule has 0 aromatic heterocycles. The fraction of sp³-hybridized carbons (Fsp3) is 0.611. The Kier molecular flexibility index (Phi) is 6.72. The zero-order chi connectivity index (χ0) is 15.8. The number of aliphatic imine (C=N–C) groups is 1. The maximum atomic E-state index is 4.44. The van der Waals surface area contributed by atoms with Crippen molar-refractivity contribution in [3.05, 3.63) is 35.9 Å². The standard InChI is InChI=1S/C18H30N4/c1-16-8-7-12-22(14-16)18(19-2)20-11-13-21(3)15-17-9-5-4-6-10-17/h4-6,9-10,16H,7-8,11-15H2,1-3H3,(H,19,20). The van der Waals surface area contributed by atoms with E-state index < -0.39 is 0 Å². The lowest BCUT2D eigenvalue weighted by atomic mass is 10.0. The van der Waals surface area contributed by atoms with Gasteiger partial charge in [-0.05, 0) is 31.4 Å². The summed E-state index contributed by atoms with van der Waals surface area (Å²) in [7, 11) is 4.05. The zero-order valence-corrected chi connectivity index (χ0v) is 14.3. The molecule has 0 bridgehead atoms. The number of benzene rings is 1. The molecule has 1 aromatic rings. The largest absolute Gasteiger partial charge is 0.355 e. The summed E-state index contributed by atoms with van der Waals surface area (Å²) in [4.78, 5) is 9.18. The van der Waals surface area contributed by atoms with Gasteiger partial charge in [0.25, 0.3) is 0 Å². The van der Waals surface area contributed by atoms with Crippen molar-refractivity contribution >= 4 is 5.96 Å². The summed E-state index contributed by atoms with van der Waals surface area (Å²) in [5.74, 6) is 1.83. The van der Waals surface area contributed by atoms with E-state index in [1.807, 2.05) is 7.05 Å². The van der Waals surface area contributed by atoms with Crippen LogP contribution >= 0.6 is 0 Å². The normalized spacial score (nSPS) is 19.5. The number of nitrogens with one attached hydrogen (secondary N) is 1. The first-order valence-electron chi connectivity index (χ1n) is 8.37. The van der Waals surface area contributed by atoms with Gasteiger partial charge in [0, 0.05) is 39.8 Å². The molecule has 1 N–H and O–H groups in total. The first kappa shape index (κ1) is 16.8. The number of piperidine rings is 1. The lowest BCUT2D eigenvalue weighted by Crippen LogP contribution is -2.47. The molecule has 2 rings (SSSR count). The lowest BCUT2D eigenvalue weighted by molar-refractivity contribution is 0.263. The van der Waals surface area contributed by atoms with E-state index in [-0.39, 0.29) is 0 Å². The fourth-order valence-electron chi connectivity index (χ4n) is 3.05. The van der Waals surface area contributed by atoms with Crippen molar-refractivity contribution in [2.24, 2.45) is 10.9 Å². The molecule has 1 aliphatic heterocycles. The number of rotatable bonds is 5. The molecule has 0 radical (unpaired) electrons. The van der Waals surface area contributed by atoms with Gasteiger partial charge in [0.2, 0.25) is 0 Å². The van der Waals surface area contributed by atoms with Gasteiger partial charge in [0.15, 0.2) is 5.96 Å². The van der Waals surface area contributed by atoms with E-state index >= 15 is 0 Å². The molecular formula is C18H30N4. The van der Waals surface area contributed by atoms with Crippen LogP contribution in [0.4, 0.5) is 0 Å². The molecule has 1 heterocycles. The van der Waals surface area contributed by atoms with E-state index in [0.717, 1.165) is 44.6 Å². The summed E-state index contributed by atoms with van der Waals surface area (Å²) < 4.78 is 0. The number of guanidine groups is 1. The summed E-state index contributed by atoms with van der Waals surface area (Å²) in [5, 5.41) is 3.51. The van der Waals surface area contributed by atoms with Gasteiger partial charge < -0.3 is 15.1 Å². The number of likely N-dealkylation sites (N-methyl/N-ethyl adjacent to an activating group) is 1. The van der Waals surface area contributed by atoms with Gasteiger partial charge in [-0.1, -0.05) is 37.3 Å². The van der Waals surface area contributed by atoms with Crippen LogP contribution < -0.4 is 5.32 Å². The van der Waals surface area contributed by atoms with E-state index in [1.165, 1.54) is 18.4 Å². The van der Waals surface area contributed by atoms with Crippen molar-refractivity contribution < 1.29 is 0 Å². The molecule has 122 valence electrons. The Bertz CT molecular complexity index is 457. The summed E-state index contributed by atoms with van der Waals surface area (Å²) in [6, 6.07) is 10.6. The van der Waals surface area contributed by atoms with Crippen molar-refractivity contribution in [3.63, 3.8) is 0 Å². The molecule has 1 atom stereocenters. The second kappa shape index (κ2) is 8.79. The minimum atomic E-state index is 0.771. The Morgan fingerprint density at radius 3 is 2.82 bits per heavy atom. The summed E-state index contributed by atoms with van der Waals surface area (Å²) in [6.07, 6.45) is 2.61. The van der Waals surface area contributed by atoms with E-state index in [4.69, 9.17) is 0 Å². The Hall–Kier alpha value is -1.55. The topological polar surface area (TPSA) is 30.9 Å². The summed E-state index contributed by atoms with van der Waals surface area (Å²) in [5.41, 5.74) is 1.36. The monoisotopic (exact) mass is 302 g/mol. The molecule has 1 saturated heterocycles. The van der Waals surface area contributed by atoms with Crippen LogP contribution in [0.3, 0.4) is 0 Å². The minimum Gasteiger partial charge on any atom is -0.355 e. The molecule has 0 amide bonds. The van der Waals surface area contributed by atoms with Gasteiger partial charge in [-0.15, -0.1) is 0 Å². The highest BCUT2D eigenvalue weighted by atomic mass is 15.3. The third-order valence-electron chi connectivity index (χ3n) is 4.24. The first-order chi connectivity index (χ1) is 10.7. The average Bonchev–Trinajstić information content (AvgIpc) is 2.52. The van der Waals surface area contributed by atoms with Crippen LogP contribution in [0.1, 0.15) is 25.3 Å². The van der Waals surface area contributed by atoms with Crippen LogP contribution in [-0.4, -0.2) is 56.0 Å². The molecule has 0 saturated carbocycles. The second-order valence-electron chi connectivity index (χ2n) is 6.39. The minimum absolute atomic E-state index is 0.771. The van der Waals surface area contributed by atoms with Crippen LogP contribution in [0.25, 0.3) is 0 Å². The zero-order valence-electron chi connectivity index (χ0n) is 14.3. The third kappa shape index (κ3) is 5.34. The fourth-order valence-corrected chi connectivity index (χ4v) is 3.05. The van der Waals surface area contributed by atoms with E-state index in [9.17, 15) is 0 Å². The van der Waals surface area contributed by atoms with Gasteiger partial charge in [0.1, 0.15) is 0 Å². The Balaban J connectivity index is 1.72. The average molecular weight is 302 g/mol. The van der Waals surface area contributed by atoms with Gasteiger partial charge in [-0.3, -0.25) is 4.99 Å². The van der Waals surface area contributed by atoms with Crippen LogP contribution in [0, 0.1) is 5.92 Å². The van der Waals surface area contributed by atoms with Crippen molar-refractivity contribution in [2.75, 3.05) is 40.3 Å². The molecule has 1 aliphatic rings. The van der Waals surface area contributed by atoms with Gasteiger partial charge >= 0.3 is 0 Å². The third-order valence-corrected chi connectivity index (χ3v) is 4.24. The Labute approximate surface area is 135 Å². The SMILES string of the molecule is CN=C(NCCN(C)Cc1ccccc1)N1CCCC(C)C1. The highest BCUT2D eigenvalue weighted by Gasteiger charge is 2.18. The van der Waals surface area contributed by atoms with Crippen LogP contribution in [0.2, 0.25) is 0 Å². The predicted octanol–water partition coefficient (Wildman–Crippen LogP) is 2.43.